The summed E-state index contributed by atoms with van der Waals surface area (Å²) in [6.07, 6.45) is 0.609. The summed E-state index contributed by atoms with van der Waals surface area (Å²) in [6.45, 7) is 1.81. The third-order valence-electron chi connectivity index (χ3n) is 1.78. The molecule has 1 rings (SSSR count). The molecule has 0 aliphatic heterocycles. The molecule has 0 aliphatic carbocycles. The fourth-order valence-corrected chi connectivity index (χ4v) is 1.73. The van der Waals surface area contributed by atoms with E-state index in [1.807, 2.05) is 0 Å². The zero-order valence-corrected chi connectivity index (χ0v) is 8.39. The molecular formula is C9H16N2OS. The number of nitrogens with one attached hydrogen (secondary N) is 1. The lowest BCUT2D eigenvalue weighted by Crippen LogP contribution is -2.33. The first-order chi connectivity index (χ1) is 6.33. The zero-order valence-electron chi connectivity index (χ0n) is 7.57. The molecule has 1 aromatic heterocycles. The van der Waals surface area contributed by atoms with E-state index in [4.69, 9.17) is 10.8 Å². The Morgan fingerprint density at radius 1 is 1.62 bits per heavy atom. The van der Waals surface area contributed by atoms with E-state index in [1.165, 1.54) is 4.88 Å². The fraction of sp³-hybridized carbons (Fsp3) is 0.556. The monoisotopic (exact) mass is 200 g/mol. The molecule has 0 aromatic carbocycles. The number of aliphatic hydroxyl groups excluding tert-OH is 1. The molecular weight excluding hydrogens is 184 g/mol. The highest BCUT2D eigenvalue weighted by Crippen LogP contribution is 2.07. The summed E-state index contributed by atoms with van der Waals surface area (Å²) >= 11 is 1.76. The van der Waals surface area contributed by atoms with Crippen LogP contribution >= 0.6 is 11.3 Å². The van der Waals surface area contributed by atoms with Crippen molar-refractivity contribution in [1.82, 2.24) is 5.32 Å². The highest BCUT2D eigenvalue weighted by Gasteiger charge is 1.99. The predicted molar refractivity (Wildman–Crippen MR) is 56.0 cm³/mol. The second kappa shape index (κ2) is 6.10. The molecule has 0 aliphatic rings. The molecule has 0 amide bonds. The van der Waals surface area contributed by atoms with Crippen molar-refractivity contribution in [1.29, 1.82) is 0 Å². The molecule has 0 radical (unpaired) electrons. The van der Waals surface area contributed by atoms with Crippen molar-refractivity contribution in [3.63, 3.8) is 0 Å². The van der Waals surface area contributed by atoms with E-state index in [-0.39, 0.29) is 0 Å². The number of aliphatic hydroxyl groups is 1. The summed E-state index contributed by atoms with van der Waals surface area (Å²) in [5.41, 5.74) is 5.26. The first-order valence-corrected chi connectivity index (χ1v) is 5.32. The van der Waals surface area contributed by atoms with Gasteiger partial charge in [-0.2, -0.15) is 0 Å². The molecule has 1 atom stereocenters. The van der Waals surface area contributed by atoms with E-state index < -0.39 is 6.10 Å². The molecule has 0 saturated carbocycles. The van der Waals surface area contributed by atoms with E-state index in [0.29, 0.717) is 13.1 Å². The lowest BCUT2D eigenvalue weighted by molar-refractivity contribution is 0.180. The van der Waals surface area contributed by atoms with Crippen molar-refractivity contribution in [3.8, 4) is 0 Å². The van der Waals surface area contributed by atoms with Crippen LogP contribution < -0.4 is 11.1 Å². The molecule has 13 heavy (non-hydrogen) atoms. The molecule has 3 nitrogen and oxygen atoms in total. The lowest BCUT2D eigenvalue weighted by atomic mass is 10.3. The average molecular weight is 200 g/mol. The first kappa shape index (κ1) is 10.7. The van der Waals surface area contributed by atoms with Crippen LogP contribution in [0.25, 0.3) is 0 Å². The smallest absolute Gasteiger partial charge is 0.0786 e. The van der Waals surface area contributed by atoms with Gasteiger partial charge in [0.05, 0.1) is 6.10 Å². The van der Waals surface area contributed by atoms with Crippen LogP contribution in [-0.2, 0) is 6.42 Å². The van der Waals surface area contributed by atoms with Gasteiger partial charge in [0.1, 0.15) is 0 Å². The van der Waals surface area contributed by atoms with Crippen LogP contribution in [0, 0.1) is 0 Å². The molecule has 1 aromatic rings. The van der Waals surface area contributed by atoms with Gasteiger partial charge >= 0.3 is 0 Å². The highest BCUT2D eigenvalue weighted by molar-refractivity contribution is 7.09. The topological polar surface area (TPSA) is 58.3 Å². The summed E-state index contributed by atoms with van der Waals surface area (Å²) in [5, 5.41) is 14.4. The maximum absolute atomic E-state index is 9.13. The van der Waals surface area contributed by atoms with Crippen molar-refractivity contribution in [3.05, 3.63) is 22.4 Å². The molecule has 1 unspecified atom stereocenters. The van der Waals surface area contributed by atoms with Gasteiger partial charge in [-0.05, 0) is 17.9 Å². The van der Waals surface area contributed by atoms with Gasteiger partial charge in [-0.3, -0.25) is 0 Å². The quantitative estimate of drug-likeness (QED) is 0.575. The molecule has 0 bridgehead atoms. The van der Waals surface area contributed by atoms with Crippen LogP contribution in [0.5, 0.6) is 0 Å². The molecule has 1 heterocycles. The Labute approximate surface area is 82.6 Å². The largest absolute Gasteiger partial charge is 0.390 e. The SMILES string of the molecule is NCC(O)CNCCc1cccs1. The van der Waals surface area contributed by atoms with Gasteiger partial charge in [0, 0.05) is 24.5 Å². The van der Waals surface area contributed by atoms with Gasteiger partial charge in [0.15, 0.2) is 0 Å². The van der Waals surface area contributed by atoms with Crippen molar-refractivity contribution in [2.45, 2.75) is 12.5 Å². The molecule has 0 spiro atoms. The molecule has 0 fully saturated rings. The van der Waals surface area contributed by atoms with Gasteiger partial charge in [-0.1, -0.05) is 6.07 Å². The van der Waals surface area contributed by atoms with Crippen molar-refractivity contribution >= 4 is 11.3 Å². The van der Waals surface area contributed by atoms with E-state index >= 15 is 0 Å². The minimum absolute atomic E-state index is 0.325. The maximum Gasteiger partial charge on any atom is 0.0786 e. The maximum atomic E-state index is 9.13. The number of hydrogen-bond acceptors (Lipinski definition) is 4. The summed E-state index contributed by atoms with van der Waals surface area (Å²) in [6, 6.07) is 4.17. The number of hydrogen-bond donors (Lipinski definition) is 3. The standard InChI is InChI=1S/C9H16N2OS/c10-6-8(12)7-11-4-3-9-2-1-5-13-9/h1-2,5,8,11-12H,3-4,6-7,10H2. The Hall–Kier alpha value is -0.420. The highest BCUT2D eigenvalue weighted by atomic mass is 32.1. The lowest BCUT2D eigenvalue weighted by Gasteiger charge is -2.08. The van der Waals surface area contributed by atoms with Crippen molar-refractivity contribution in [2.24, 2.45) is 5.73 Å². The van der Waals surface area contributed by atoms with Gasteiger partial charge in [0.2, 0.25) is 0 Å². The fourth-order valence-electron chi connectivity index (χ4n) is 1.02. The number of rotatable bonds is 6. The summed E-state index contributed by atoms with van der Waals surface area (Å²) in [5.74, 6) is 0. The van der Waals surface area contributed by atoms with Crippen molar-refractivity contribution in [2.75, 3.05) is 19.6 Å². The van der Waals surface area contributed by atoms with Gasteiger partial charge in [-0.15, -0.1) is 11.3 Å². The van der Waals surface area contributed by atoms with Gasteiger partial charge in [-0.25, -0.2) is 0 Å². The van der Waals surface area contributed by atoms with E-state index in [9.17, 15) is 0 Å². The van der Waals surface area contributed by atoms with Crippen LogP contribution in [0.4, 0.5) is 0 Å². The summed E-state index contributed by atoms with van der Waals surface area (Å²) in [4.78, 5) is 1.37. The minimum atomic E-state index is -0.414. The van der Waals surface area contributed by atoms with Crippen LogP contribution in [-0.4, -0.2) is 30.8 Å². The van der Waals surface area contributed by atoms with E-state index in [1.54, 1.807) is 11.3 Å². The average Bonchev–Trinajstić information content (AvgIpc) is 2.64. The normalized spacial score (nSPS) is 13.1. The first-order valence-electron chi connectivity index (χ1n) is 4.44. The minimum Gasteiger partial charge on any atom is -0.390 e. The Bertz CT molecular complexity index is 213. The zero-order chi connectivity index (χ0) is 9.52. The second-order valence-electron chi connectivity index (χ2n) is 2.92. The van der Waals surface area contributed by atoms with Crippen LogP contribution in [0.15, 0.2) is 17.5 Å². The third kappa shape index (κ3) is 4.38. The molecule has 4 heteroatoms. The number of thiophene rings is 1. The van der Waals surface area contributed by atoms with Crippen LogP contribution in [0.2, 0.25) is 0 Å². The Balaban J connectivity index is 2.02. The van der Waals surface area contributed by atoms with E-state index in [2.05, 4.69) is 22.8 Å². The van der Waals surface area contributed by atoms with Gasteiger partial charge < -0.3 is 16.2 Å². The molecule has 74 valence electrons. The Morgan fingerprint density at radius 2 is 2.46 bits per heavy atom. The van der Waals surface area contributed by atoms with Crippen LogP contribution in [0.1, 0.15) is 4.88 Å². The second-order valence-corrected chi connectivity index (χ2v) is 3.96. The molecule has 4 N–H and O–H groups in total. The third-order valence-corrected chi connectivity index (χ3v) is 2.72. The summed E-state index contributed by atoms with van der Waals surface area (Å²) in [7, 11) is 0. The molecule has 0 saturated heterocycles. The van der Waals surface area contributed by atoms with Crippen LogP contribution in [0.3, 0.4) is 0 Å². The Morgan fingerprint density at radius 3 is 3.08 bits per heavy atom. The number of nitrogens with two attached hydrogens (primary N) is 1. The summed E-state index contributed by atoms with van der Waals surface area (Å²) < 4.78 is 0. The van der Waals surface area contributed by atoms with Crippen molar-refractivity contribution < 1.29 is 5.11 Å². The Kier molecular flexibility index (Phi) is 5.00. The predicted octanol–water partition coefficient (Wildman–Crippen LogP) is 0.200. The van der Waals surface area contributed by atoms with E-state index in [0.717, 1.165) is 13.0 Å². The van der Waals surface area contributed by atoms with Gasteiger partial charge in [0.25, 0.3) is 0 Å².